The summed E-state index contributed by atoms with van der Waals surface area (Å²) in [5.41, 5.74) is 3.56. The predicted molar refractivity (Wildman–Crippen MR) is 95.3 cm³/mol. The van der Waals surface area contributed by atoms with Crippen molar-refractivity contribution in [1.82, 2.24) is 10.3 Å². The average Bonchev–Trinajstić information content (AvgIpc) is 2.59. The van der Waals surface area contributed by atoms with E-state index in [1.54, 1.807) is 6.07 Å². The van der Waals surface area contributed by atoms with Crippen LogP contribution >= 0.6 is 0 Å². The third-order valence-corrected chi connectivity index (χ3v) is 3.92. The molecule has 0 aliphatic rings. The Bertz CT molecular complexity index is 741. The van der Waals surface area contributed by atoms with Crippen molar-refractivity contribution in [2.24, 2.45) is 0 Å². The first-order valence-corrected chi connectivity index (χ1v) is 8.14. The predicted octanol–water partition coefficient (Wildman–Crippen LogP) is 3.48. The molecule has 1 aromatic carbocycles. The summed E-state index contributed by atoms with van der Waals surface area (Å²) in [7, 11) is 0. The number of benzene rings is 1. The van der Waals surface area contributed by atoms with Crippen LogP contribution in [0.4, 0.5) is 5.69 Å². The van der Waals surface area contributed by atoms with Crippen LogP contribution in [0.5, 0.6) is 0 Å². The summed E-state index contributed by atoms with van der Waals surface area (Å²) in [6.07, 6.45) is 3.40. The Morgan fingerprint density at radius 2 is 1.92 bits per heavy atom. The van der Waals surface area contributed by atoms with Gasteiger partial charge in [0.05, 0.1) is 0 Å². The molecule has 0 saturated carbocycles. The van der Waals surface area contributed by atoms with Crippen LogP contribution in [0.2, 0.25) is 0 Å². The van der Waals surface area contributed by atoms with E-state index in [2.05, 4.69) is 22.5 Å². The lowest BCUT2D eigenvalue weighted by molar-refractivity contribution is 0.0948. The van der Waals surface area contributed by atoms with E-state index in [4.69, 9.17) is 0 Å². The van der Waals surface area contributed by atoms with Crippen molar-refractivity contribution in [3.63, 3.8) is 0 Å². The van der Waals surface area contributed by atoms with Gasteiger partial charge in [0.1, 0.15) is 5.69 Å². The summed E-state index contributed by atoms with van der Waals surface area (Å²) in [6, 6.07) is 8.87. The molecule has 2 amide bonds. The average molecular weight is 325 g/mol. The van der Waals surface area contributed by atoms with Gasteiger partial charge in [-0.2, -0.15) is 0 Å². The molecule has 0 aliphatic carbocycles. The number of aromatic nitrogens is 1. The van der Waals surface area contributed by atoms with Crippen molar-refractivity contribution in [3.05, 3.63) is 58.9 Å². The van der Waals surface area contributed by atoms with Crippen molar-refractivity contribution in [2.45, 2.75) is 33.6 Å². The number of nitrogens with zero attached hydrogens (tertiary/aromatic N) is 1. The van der Waals surface area contributed by atoms with Gasteiger partial charge in [-0.1, -0.05) is 25.5 Å². The summed E-state index contributed by atoms with van der Waals surface area (Å²) < 4.78 is 0. The van der Waals surface area contributed by atoms with Crippen LogP contribution in [0, 0.1) is 13.8 Å². The molecule has 2 aromatic rings. The van der Waals surface area contributed by atoms with E-state index in [0.29, 0.717) is 12.1 Å². The Morgan fingerprint density at radius 3 is 2.67 bits per heavy atom. The number of aryl methyl sites for hydroxylation is 1. The van der Waals surface area contributed by atoms with Gasteiger partial charge in [0.25, 0.3) is 11.8 Å². The Balaban J connectivity index is 2.11. The Hall–Kier alpha value is -2.69. The summed E-state index contributed by atoms with van der Waals surface area (Å²) in [6.45, 7) is 6.62. The number of anilines is 1. The van der Waals surface area contributed by atoms with Crippen molar-refractivity contribution in [3.8, 4) is 0 Å². The lowest BCUT2D eigenvalue weighted by atomic mass is 10.1. The largest absolute Gasteiger partial charge is 0.351 e. The molecule has 0 unspecified atom stereocenters. The van der Waals surface area contributed by atoms with Gasteiger partial charge in [0.15, 0.2) is 0 Å². The molecule has 0 aliphatic heterocycles. The number of rotatable bonds is 6. The normalized spacial score (nSPS) is 10.3. The molecule has 1 heterocycles. The second-order valence-electron chi connectivity index (χ2n) is 5.74. The van der Waals surface area contributed by atoms with Crippen LogP contribution in [0.1, 0.15) is 51.7 Å². The topological polar surface area (TPSA) is 71.1 Å². The summed E-state index contributed by atoms with van der Waals surface area (Å²) in [5, 5.41) is 5.69. The molecule has 5 nitrogen and oxygen atoms in total. The monoisotopic (exact) mass is 325 g/mol. The number of hydrogen-bond acceptors (Lipinski definition) is 3. The zero-order valence-electron chi connectivity index (χ0n) is 14.3. The first kappa shape index (κ1) is 17.7. The zero-order valence-corrected chi connectivity index (χ0v) is 14.3. The van der Waals surface area contributed by atoms with Crippen LogP contribution in [-0.4, -0.2) is 23.3 Å². The standard InChI is InChI=1S/C19H23N3O2/c1-4-5-10-21-19(24)17-12-15(9-11-20-17)18(23)22-16-8-6-7-13(2)14(16)3/h6-9,11-12H,4-5,10H2,1-3H3,(H,21,24)(H,22,23). The van der Waals surface area contributed by atoms with E-state index in [0.717, 1.165) is 29.7 Å². The maximum Gasteiger partial charge on any atom is 0.269 e. The van der Waals surface area contributed by atoms with Gasteiger partial charge in [0.2, 0.25) is 0 Å². The SMILES string of the molecule is CCCCNC(=O)c1cc(C(=O)Nc2cccc(C)c2C)ccn1. The van der Waals surface area contributed by atoms with Crippen LogP contribution in [0.15, 0.2) is 36.5 Å². The van der Waals surface area contributed by atoms with Crippen LogP contribution in [0.3, 0.4) is 0 Å². The Labute approximate surface area is 142 Å². The van der Waals surface area contributed by atoms with Crippen LogP contribution < -0.4 is 10.6 Å². The maximum atomic E-state index is 12.4. The highest BCUT2D eigenvalue weighted by atomic mass is 16.2. The zero-order chi connectivity index (χ0) is 17.5. The lowest BCUT2D eigenvalue weighted by Crippen LogP contribution is -2.25. The third-order valence-electron chi connectivity index (χ3n) is 3.92. The molecule has 0 bridgehead atoms. The minimum atomic E-state index is -0.259. The Morgan fingerprint density at radius 1 is 1.12 bits per heavy atom. The molecule has 126 valence electrons. The number of carbonyl (C=O) groups excluding carboxylic acids is 2. The van der Waals surface area contributed by atoms with Crippen LogP contribution in [0.25, 0.3) is 0 Å². The number of unbranched alkanes of at least 4 members (excludes halogenated alkanes) is 1. The van der Waals surface area contributed by atoms with E-state index >= 15 is 0 Å². The van der Waals surface area contributed by atoms with Crippen molar-refractivity contribution < 1.29 is 9.59 Å². The fourth-order valence-corrected chi connectivity index (χ4v) is 2.25. The molecular weight excluding hydrogens is 302 g/mol. The smallest absolute Gasteiger partial charge is 0.269 e. The molecule has 0 fully saturated rings. The number of amides is 2. The molecule has 2 N–H and O–H groups in total. The van der Waals surface area contributed by atoms with E-state index in [9.17, 15) is 9.59 Å². The van der Waals surface area contributed by atoms with Gasteiger partial charge in [-0.3, -0.25) is 14.6 Å². The minimum absolute atomic E-state index is 0.250. The second-order valence-corrected chi connectivity index (χ2v) is 5.74. The maximum absolute atomic E-state index is 12.4. The van der Waals surface area contributed by atoms with Gasteiger partial charge in [-0.15, -0.1) is 0 Å². The summed E-state index contributed by atoms with van der Waals surface area (Å²) in [5.74, 6) is -0.515. The van der Waals surface area contributed by atoms with Crippen molar-refractivity contribution in [2.75, 3.05) is 11.9 Å². The fourth-order valence-electron chi connectivity index (χ4n) is 2.25. The molecule has 24 heavy (non-hydrogen) atoms. The summed E-state index contributed by atoms with van der Waals surface area (Å²) in [4.78, 5) is 28.5. The van der Waals surface area contributed by atoms with Crippen LogP contribution in [-0.2, 0) is 0 Å². The molecule has 0 saturated heterocycles. The van der Waals surface area contributed by atoms with E-state index < -0.39 is 0 Å². The highest BCUT2D eigenvalue weighted by Crippen LogP contribution is 2.19. The number of hydrogen-bond donors (Lipinski definition) is 2. The van der Waals surface area contributed by atoms with Gasteiger partial charge in [-0.25, -0.2) is 0 Å². The Kier molecular flexibility index (Phi) is 6.07. The first-order chi connectivity index (χ1) is 11.5. The van der Waals surface area contributed by atoms with Crippen molar-refractivity contribution >= 4 is 17.5 Å². The lowest BCUT2D eigenvalue weighted by Gasteiger charge is -2.11. The van der Waals surface area contributed by atoms with E-state index in [1.807, 2.05) is 32.0 Å². The second kappa shape index (κ2) is 8.24. The first-order valence-electron chi connectivity index (χ1n) is 8.14. The fraction of sp³-hybridized carbons (Fsp3) is 0.316. The third kappa shape index (κ3) is 4.41. The number of carbonyl (C=O) groups is 2. The quantitative estimate of drug-likeness (QED) is 0.799. The number of pyridine rings is 1. The minimum Gasteiger partial charge on any atom is -0.351 e. The molecule has 0 spiro atoms. The van der Waals surface area contributed by atoms with Crippen molar-refractivity contribution in [1.29, 1.82) is 0 Å². The van der Waals surface area contributed by atoms with Gasteiger partial charge < -0.3 is 10.6 Å². The summed E-state index contributed by atoms with van der Waals surface area (Å²) >= 11 is 0. The highest BCUT2D eigenvalue weighted by molar-refractivity contribution is 6.06. The highest BCUT2D eigenvalue weighted by Gasteiger charge is 2.12. The number of nitrogens with one attached hydrogen (secondary N) is 2. The van der Waals surface area contributed by atoms with Gasteiger partial charge in [0, 0.05) is 24.0 Å². The molecular formula is C19H23N3O2. The molecule has 0 atom stereocenters. The molecule has 1 aromatic heterocycles. The molecule has 2 rings (SSSR count). The van der Waals surface area contributed by atoms with Gasteiger partial charge in [-0.05, 0) is 49.6 Å². The molecule has 0 radical (unpaired) electrons. The van der Waals surface area contributed by atoms with E-state index in [-0.39, 0.29) is 17.5 Å². The van der Waals surface area contributed by atoms with Gasteiger partial charge >= 0.3 is 0 Å². The van der Waals surface area contributed by atoms with E-state index in [1.165, 1.54) is 12.3 Å². The molecule has 5 heteroatoms.